The lowest BCUT2D eigenvalue weighted by molar-refractivity contribution is -0.143. The van der Waals surface area contributed by atoms with Gasteiger partial charge in [0.25, 0.3) is 0 Å². The van der Waals surface area contributed by atoms with E-state index in [1.807, 2.05) is 19.1 Å². The minimum atomic E-state index is -5.06. The molecule has 1 N–H and O–H groups in total. The number of carboxylic acids is 1. The molecule has 2 aliphatic heterocycles. The molecule has 256 valence electrons. The van der Waals surface area contributed by atoms with E-state index in [9.17, 15) is 41.0 Å². The van der Waals surface area contributed by atoms with Gasteiger partial charge < -0.3 is 19.5 Å². The number of halogens is 6. The number of aliphatic carboxylic acids is 1. The molecule has 8 nitrogen and oxygen atoms in total. The van der Waals surface area contributed by atoms with Crippen LogP contribution in [0.25, 0.3) is 11.1 Å². The Balaban J connectivity index is 1.40. The fourth-order valence-corrected chi connectivity index (χ4v) is 6.02. The Morgan fingerprint density at radius 2 is 1.69 bits per heavy atom. The van der Waals surface area contributed by atoms with Crippen molar-refractivity contribution in [1.29, 1.82) is 0 Å². The molecular formula is C34H33F6N3O5. The van der Waals surface area contributed by atoms with Gasteiger partial charge in [-0.2, -0.15) is 26.3 Å². The van der Waals surface area contributed by atoms with Crippen LogP contribution in [0.15, 0.2) is 42.5 Å². The third kappa shape index (κ3) is 7.02. The predicted molar refractivity (Wildman–Crippen MR) is 162 cm³/mol. The highest BCUT2D eigenvalue weighted by Crippen LogP contribution is 2.43. The number of ether oxygens (including phenoxy) is 2. The van der Waals surface area contributed by atoms with Crippen molar-refractivity contribution in [3.63, 3.8) is 0 Å². The SMILES string of the molecule is Cc1cc(N2CCC2)nc(CN2C(=O)O[C@H](c3cc(C(F)(F)F)cc(C(F)(F)F)c3)[C@@H]2C)c1-c1cc(CCC(=O)O)ccc1OC1CC1. The Morgan fingerprint density at radius 3 is 2.25 bits per heavy atom. The summed E-state index contributed by atoms with van der Waals surface area (Å²) in [6, 6.07) is 7.57. The summed E-state index contributed by atoms with van der Waals surface area (Å²) >= 11 is 0. The van der Waals surface area contributed by atoms with Crippen molar-refractivity contribution in [2.45, 2.75) is 83.1 Å². The Morgan fingerprint density at radius 1 is 1.02 bits per heavy atom. The third-order valence-electron chi connectivity index (χ3n) is 8.87. The lowest BCUT2D eigenvalue weighted by Gasteiger charge is -2.33. The van der Waals surface area contributed by atoms with Crippen LogP contribution < -0.4 is 9.64 Å². The van der Waals surface area contributed by atoms with Gasteiger partial charge in [-0.05, 0) is 92.6 Å². The van der Waals surface area contributed by atoms with Crippen molar-refractivity contribution < 1.29 is 50.5 Å². The normalized spacial score (nSPS) is 19.7. The maximum Gasteiger partial charge on any atom is 0.416 e. The molecule has 2 saturated heterocycles. The molecule has 14 heteroatoms. The largest absolute Gasteiger partial charge is 0.490 e. The average molecular weight is 678 g/mol. The number of nitrogens with zero attached hydrogens (tertiary/aromatic N) is 3. The van der Waals surface area contributed by atoms with Crippen molar-refractivity contribution >= 4 is 17.9 Å². The minimum Gasteiger partial charge on any atom is -0.490 e. The number of rotatable bonds is 10. The fraction of sp³-hybridized carbons (Fsp3) is 0.441. The van der Waals surface area contributed by atoms with E-state index in [2.05, 4.69) is 4.90 Å². The van der Waals surface area contributed by atoms with Crippen molar-refractivity contribution in [3.05, 3.63) is 76.0 Å². The van der Waals surface area contributed by atoms with E-state index in [1.54, 1.807) is 12.1 Å². The summed E-state index contributed by atoms with van der Waals surface area (Å²) < 4.78 is 93.5. The zero-order valence-electron chi connectivity index (χ0n) is 26.1. The smallest absolute Gasteiger partial charge is 0.416 e. The summed E-state index contributed by atoms with van der Waals surface area (Å²) in [5.41, 5.74) is -0.181. The zero-order valence-corrected chi connectivity index (χ0v) is 26.1. The number of aryl methyl sites for hydroxylation is 2. The van der Waals surface area contributed by atoms with Gasteiger partial charge in [-0.3, -0.25) is 9.69 Å². The summed E-state index contributed by atoms with van der Waals surface area (Å²) in [5.74, 6) is 0.262. The summed E-state index contributed by atoms with van der Waals surface area (Å²) in [6.45, 7) is 4.76. The molecule has 3 aliphatic rings. The molecule has 3 heterocycles. The van der Waals surface area contributed by atoms with Crippen LogP contribution in [0.1, 0.15) is 72.2 Å². The first-order valence-corrected chi connectivity index (χ1v) is 15.6. The van der Waals surface area contributed by atoms with E-state index in [0.29, 0.717) is 40.5 Å². The number of cyclic esters (lactones) is 1. The van der Waals surface area contributed by atoms with Gasteiger partial charge in [-0.15, -0.1) is 0 Å². The number of carbonyl (C=O) groups excluding carboxylic acids is 1. The van der Waals surface area contributed by atoms with Gasteiger partial charge in [0.15, 0.2) is 0 Å². The molecule has 0 unspecified atom stereocenters. The number of pyridine rings is 1. The molecule has 0 radical (unpaired) electrons. The lowest BCUT2D eigenvalue weighted by atomic mass is 9.94. The van der Waals surface area contributed by atoms with E-state index in [0.717, 1.165) is 43.5 Å². The van der Waals surface area contributed by atoms with E-state index >= 15 is 0 Å². The van der Waals surface area contributed by atoms with Crippen LogP contribution in [0.5, 0.6) is 5.75 Å². The van der Waals surface area contributed by atoms with E-state index in [-0.39, 0.29) is 31.6 Å². The van der Waals surface area contributed by atoms with Gasteiger partial charge in [-0.1, -0.05) is 6.07 Å². The second-order valence-electron chi connectivity index (χ2n) is 12.5. The lowest BCUT2D eigenvalue weighted by Crippen LogP contribution is -2.38. The second-order valence-corrected chi connectivity index (χ2v) is 12.5. The number of carbonyl (C=O) groups is 2. The summed E-state index contributed by atoms with van der Waals surface area (Å²) in [4.78, 5) is 32.9. The van der Waals surface area contributed by atoms with Crippen LogP contribution in [0, 0.1) is 6.92 Å². The van der Waals surface area contributed by atoms with Gasteiger partial charge in [0.2, 0.25) is 0 Å². The number of benzene rings is 2. The first-order chi connectivity index (χ1) is 22.6. The van der Waals surface area contributed by atoms with Crippen LogP contribution in [-0.2, 0) is 34.8 Å². The highest BCUT2D eigenvalue weighted by molar-refractivity contribution is 5.79. The van der Waals surface area contributed by atoms with Gasteiger partial charge in [-0.25, -0.2) is 9.78 Å². The van der Waals surface area contributed by atoms with Crippen LogP contribution >= 0.6 is 0 Å². The highest BCUT2D eigenvalue weighted by Gasteiger charge is 2.44. The Labute approximate surface area is 272 Å². The third-order valence-corrected chi connectivity index (χ3v) is 8.87. The van der Waals surface area contributed by atoms with Crippen LogP contribution in [0.4, 0.5) is 37.0 Å². The van der Waals surface area contributed by atoms with Crippen molar-refractivity contribution in [3.8, 4) is 16.9 Å². The van der Waals surface area contributed by atoms with Crippen LogP contribution in [-0.4, -0.2) is 52.3 Å². The molecular weight excluding hydrogens is 644 g/mol. The summed E-state index contributed by atoms with van der Waals surface area (Å²) in [5, 5.41) is 9.27. The molecule has 1 saturated carbocycles. The molecule has 0 bridgehead atoms. The van der Waals surface area contributed by atoms with Crippen molar-refractivity contribution in [2.75, 3.05) is 18.0 Å². The first-order valence-electron chi connectivity index (χ1n) is 15.6. The van der Waals surface area contributed by atoms with Crippen LogP contribution in [0.3, 0.4) is 0 Å². The molecule has 1 aliphatic carbocycles. The number of anilines is 1. The second kappa shape index (κ2) is 12.5. The molecule has 3 aromatic rings. The minimum absolute atomic E-state index is 0.0223. The standard InChI is InChI=1S/C34H33F6N3O5/c1-18-12-28(42-10-3-11-42)41-26(30(18)25-13-20(5-9-29(44)45)4-8-27(25)47-24-6-7-24)17-43-19(2)31(48-32(43)46)21-14-22(33(35,36)37)16-23(15-21)34(38,39)40/h4,8,12-16,19,24,31H,3,5-7,9-11,17H2,1-2H3,(H,44,45)/t19-,31-/m0/s1. The van der Waals surface area contributed by atoms with Gasteiger partial charge in [0.1, 0.15) is 17.7 Å². The van der Waals surface area contributed by atoms with Crippen LogP contribution in [0.2, 0.25) is 0 Å². The molecule has 48 heavy (non-hydrogen) atoms. The molecule has 3 fully saturated rings. The van der Waals surface area contributed by atoms with E-state index in [1.165, 1.54) is 11.8 Å². The Bertz CT molecular complexity index is 1700. The van der Waals surface area contributed by atoms with E-state index < -0.39 is 53.3 Å². The number of aromatic nitrogens is 1. The molecule has 6 rings (SSSR count). The molecule has 2 atom stereocenters. The fourth-order valence-electron chi connectivity index (χ4n) is 6.02. The molecule has 2 aromatic carbocycles. The first kappa shape index (κ1) is 33.4. The van der Waals surface area contributed by atoms with Crippen molar-refractivity contribution in [2.24, 2.45) is 0 Å². The quantitative estimate of drug-likeness (QED) is 0.218. The predicted octanol–water partition coefficient (Wildman–Crippen LogP) is 7.95. The maximum absolute atomic E-state index is 13.6. The monoisotopic (exact) mass is 677 g/mol. The Kier molecular flexibility index (Phi) is 8.71. The average Bonchev–Trinajstić information content (AvgIpc) is 3.75. The van der Waals surface area contributed by atoms with E-state index in [4.69, 9.17) is 14.5 Å². The zero-order chi connectivity index (χ0) is 34.5. The van der Waals surface area contributed by atoms with Gasteiger partial charge >= 0.3 is 24.4 Å². The highest BCUT2D eigenvalue weighted by atomic mass is 19.4. The number of hydrogen-bond acceptors (Lipinski definition) is 6. The Hall–Kier alpha value is -4.49. The summed E-state index contributed by atoms with van der Waals surface area (Å²) in [6.07, 6.45) is -9.54. The van der Waals surface area contributed by atoms with Crippen molar-refractivity contribution in [1.82, 2.24) is 9.88 Å². The molecule has 0 spiro atoms. The number of alkyl halides is 6. The topological polar surface area (TPSA) is 92.2 Å². The molecule has 1 amide bonds. The van der Waals surface area contributed by atoms with Gasteiger partial charge in [0.05, 0.1) is 35.5 Å². The van der Waals surface area contributed by atoms with Gasteiger partial charge in [0, 0.05) is 30.6 Å². The maximum atomic E-state index is 13.6. The number of carboxylic acid groups (broad SMARTS) is 1. The molecule has 1 aromatic heterocycles. The summed E-state index contributed by atoms with van der Waals surface area (Å²) in [7, 11) is 0. The number of amides is 1. The number of hydrogen-bond donors (Lipinski definition) is 1.